The average Bonchev–Trinajstić information content (AvgIpc) is 3.73. The maximum Gasteiger partial charge on any atom is 0.312 e. The Balaban J connectivity index is 1.06. The molecule has 0 amide bonds. The molecule has 1 saturated heterocycles. The number of hydrogen-bond donors (Lipinski definition) is 0. The van der Waals surface area contributed by atoms with Gasteiger partial charge in [0.05, 0.1) is 40.0 Å². The maximum absolute atomic E-state index is 13.8. The number of benzene rings is 6. The van der Waals surface area contributed by atoms with Crippen molar-refractivity contribution in [2.75, 3.05) is 20.3 Å². The van der Waals surface area contributed by atoms with E-state index in [9.17, 15) is 37.8 Å². The number of halogens is 1. The minimum absolute atomic E-state index is 0.138. The fraction of sp³-hybridized carbons (Fsp3) is 0.0976. The molecule has 6 aromatic rings. The zero-order valence-electron chi connectivity index (χ0n) is 29.7. The highest BCUT2D eigenvalue weighted by molar-refractivity contribution is 7.91. The number of sulfone groups is 1. The number of hydrogen-bond acceptors (Lipinski definition) is 12. The van der Waals surface area contributed by atoms with Crippen molar-refractivity contribution >= 4 is 27.0 Å². The molecule has 1 aliphatic heterocycles. The third-order valence-corrected chi connectivity index (χ3v) is 10.7. The van der Waals surface area contributed by atoms with Crippen molar-refractivity contribution in [2.24, 2.45) is 0 Å². The molecule has 16 heteroatoms. The lowest BCUT2D eigenvalue weighted by Crippen LogP contribution is -2.28. The zero-order valence-corrected chi connectivity index (χ0v) is 30.5. The first-order chi connectivity index (χ1) is 27.4. The summed E-state index contributed by atoms with van der Waals surface area (Å²) < 4.78 is 69.5. The number of ether oxygens (including phenoxy) is 5. The van der Waals surface area contributed by atoms with E-state index in [0.717, 1.165) is 24.3 Å². The molecule has 0 radical (unpaired) electrons. The Bertz CT molecular complexity index is 2590. The van der Waals surface area contributed by atoms with E-state index in [0.29, 0.717) is 64.8 Å². The van der Waals surface area contributed by atoms with Crippen LogP contribution in [0.15, 0.2) is 143 Å². The van der Waals surface area contributed by atoms with E-state index in [4.69, 9.17) is 23.7 Å². The first-order valence-electron chi connectivity index (χ1n) is 17.0. The van der Waals surface area contributed by atoms with Crippen LogP contribution in [0.2, 0.25) is 0 Å². The van der Waals surface area contributed by atoms with Crippen LogP contribution in [0.25, 0.3) is 0 Å². The number of nitrogens with zero attached hydrogens (tertiary/aromatic N) is 2. The second-order valence-electron chi connectivity index (χ2n) is 12.4. The van der Waals surface area contributed by atoms with Crippen LogP contribution < -0.4 is 14.2 Å². The Kier molecular flexibility index (Phi) is 10.5. The van der Waals surface area contributed by atoms with Crippen LogP contribution in [0.1, 0.15) is 27.0 Å². The Hall–Kier alpha value is -7.01. The predicted octanol–water partition coefficient (Wildman–Crippen LogP) is 8.55. The quantitative estimate of drug-likeness (QED) is 0.0471. The minimum Gasteiger partial charge on any atom is -0.497 e. The Labute approximate surface area is 323 Å². The lowest BCUT2D eigenvalue weighted by Gasteiger charge is -2.28. The van der Waals surface area contributed by atoms with Crippen molar-refractivity contribution in [2.45, 2.75) is 15.6 Å². The van der Waals surface area contributed by atoms with Gasteiger partial charge in [-0.3, -0.25) is 25.0 Å². The topological polar surface area (TPSA) is 184 Å². The van der Waals surface area contributed by atoms with Crippen molar-refractivity contribution in [1.29, 1.82) is 0 Å². The summed E-state index contributed by atoms with van der Waals surface area (Å²) in [5.74, 6) is -1.09. The van der Waals surface area contributed by atoms with Crippen LogP contribution in [0.3, 0.4) is 0 Å². The van der Waals surface area contributed by atoms with E-state index in [2.05, 4.69) is 0 Å². The van der Waals surface area contributed by atoms with Gasteiger partial charge in [-0.1, -0.05) is 0 Å². The molecule has 288 valence electrons. The summed E-state index contributed by atoms with van der Waals surface area (Å²) in [4.78, 5) is 33.0. The van der Waals surface area contributed by atoms with Crippen LogP contribution in [0, 0.1) is 26.0 Å². The summed E-state index contributed by atoms with van der Waals surface area (Å²) in [6, 6.07) is 32.0. The number of methoxy groups -OCH3 is 1. The highest BCUT2D eigenvalue weighted by Crippen LogP contribution is 2.41. The van der Waals surface area contributed by atoms with Gasteiger partial charge in [0, 0.05) is 34.4 Å². The molecule has 0 bridgehead atoms. The molecule has 1 heterocycles. The number of nitro benzene ring substituents is 2. The van der Waals surface area contributed by atoms with Gasteiger partial charge in [-0.2, -0.15) is 4.39 Å². The SMILES string of the molecule is COc1ccc(C(=O)c2ccc(Oc3ccc(C4(c5ccc(Oc6ccc(S(=O)(=O)c7ccc(F)c([N+](=O)[O-])c7)cc6[N+](=O)[O-])cc5)OCCO4)cc3)cc2)cc1. The molecule has 0 aliphatic carbocycles. The van der Waals surface area contributed by atoms with E-state index in [1.165, 1.54) is 12.1 Å². The summed E-state index contributed by atoms with van der Waals surface area (Å²) in [5, 5.41) is 23.2. The van der Waals surface area contributed by atoms with Crippen LogP contribution in [-0.4, -0.2) is 44.4 Å². The third-order valence-electron chi connectivity index (χ3n) is 8.96. The molecule has 7 rings (SSSR count). The normalized spacial score (nSPS) is 13.4. The Morgan fingerprint density at radius 3 is 1.56 bits per heavy atom. The Morgan fingerprint density at radius 2 is 1.07 bits per heavy atom. The first kappa shape index (κ1) is 38.3. The third kappa shape index (κ3) is 7.77. The highest BCUT2D eigenvalue weighted by atomic mass is 32.2. The standard InChI is InChI=1S/C41H29FN2O12S/c1-52-30-10-2-26(3-11-30)40(45)27-4-12-31(13-5-27)55-32-14-6-28(7-15-32)41(53-22-23-54-41)29-8-16-33(17-9-29)56-39-21-19-35(25-38(39)44(48)49)57(50,51)34-18-20-36(42)37(24-34)43(46)47/h2-21,24-25H,22-23H2,1H3. The van der Waals surface area contributed by atoms with E-state index in [-0.39, 0.29) is 17.3 Å². The number of carbonyl (C=O) groups is 1. The number of ketones is 1. The molecule has 14 nitrogen and oxygen atoms in total. The molecule has 0 N–H and O–H groups in total. The maximum atomic E-state index is 13.8. The van der Waals surface area contributed by atoms with E-state index in [1.807, 2.05) is 0 Å². The van der Waals surface area contributed by atoms with Gasteiger partial charge in [-0.05, 0) is 121 Å². The zero-order chi connectivity index (χ0) is 40.3. The highest BCUT2D eigenvalue weighted by Gasteiger charge is 2.41. The Morgan fingerprint density at radius 1 is 0.632 bits per heavy atom. The van der Waals surface area contributed by atoms with Gasteiger partial charge >= 0.3 is 11.4 Å². The van der Waals surface area contributed by atoms with E-state index >= 15 is 0 Å². The average molecular weight is 793 g/mol. The van der Waals surface area contributed by atoms with Crippen molar-refractivity contribution in [3.8, 4) is 28.7 Å². The van der Waals surface area contributed by atoms with Crippen molar-refractivity contribution in [3.05, 3.63) is 182 Å². The van der Waals surface area contributed by atoms with Gasteiger partial charge in [0.15, 0.2) is 5.78 Å². The second-order valence-corrected chi connectivity index (χ2v) is 14.4. The lowest BCUT2D eigenvalue weighted by atomic mass is 9.97. The molecule has 0 aromatic heterocycles. The monoisotopic (exact) mass is 792 g/mol. The summed E-state index contributed by atoms with van der Waals surface area (Å²) in [7, 11) is -2.96. The largest absolute Gasteiger partial charge is 0.497 e. The molecular weight excluding hydrogens is 764 g/mol. The summed E-state index contributed by atoms with van der Waals surface area (Å²) in [5.41, 5.74) is 0.507. The smallest absolute Gasteiger partial charge is 0.312 e. The minimum atomic E-state index is -4.52. The summed E-state index contributed by atoms with van der Waals surface area (Å²) >= 11 is 0. The molecule has 57 heavy (non-hydrogen) atoms. The van der Waals surface area contributed by atoms with Crippen LogP contribution in [0.5, 0.6) is 28.7 Å². The van der Waals surface area contributed by atoms with Crippen molar-refractivity contribution in [1.82, 2.24) is 0 Å². The lowest BCUT2D eigenvalue weighted by molar-refractivity contribution is -0.387. The molecule has 1 fully saturated rings. The number of nitro groups is 2. The van der Waals surface area contributed by atoms with Gasteiger partial charge in [-0.25, -0.2) is 8.42 Å². The first-order valence-corrected chi connectivity index (χ1v) is 18.5. The van der Waals surface area contributed by atoms with Gasteiger partial charge in [-0.15, -0.1) is 0 Å². The van der Waals surface area contributed by atoms with Gasteiger partial charge in [0.25, 0.3) is 0 Å². The van der Waals surface area contributed by atoms with Crippen molar-refractivity contribution in [3.63, 3.8) is 0 Å². The van der Waals surface area contributed by atoms with Crippen LogP contribution in [-0.2, 0) is 25.1 Å². The molecular formula is C41H29FN2O12S. The number of rotatable bonds is 13. The van der Waals surface area contributed by atoms with Gasteiger partial charge < -0.3 is 23.7 Å². The summed E-state index contributed by atoms with van der Waals surface area (Å²) in [6.45, 7) is 0.593. The second kappa shape index (κ2) is 15.6. The molecule has 0 atom stereocenters. The van der Waals surface area contributed by atoms with Crippen molar-refractivity contribution < 1.29 is 51.1 Å². The fourth-order valence-corrected chi connectivity index (χ4v) is 7.37. The predicted molar refractivity (Wildman–Crippen MR) is 200 cm³/mol. The molecule has 0 unspecified atom stereocenters. The van der Waals surface area contributed by atoms with Gasteiger partial charge in [0.2, 0.25) is 27.2 Å². The molecule has 0 spiro atoms. The molecule has 6 aromatic carbocycles. The van der Waals surface area contributed by atoms with E-state index < -0.39 is 52.5 Å². The summed E-state index contributed by atoms with van der Waals surface area (Å²) in [6.07, 6.45) is 0. The van der Waals surface area contributed by atoms with Crippen LogP contribution in [0.4, 0.5) is 15.8 Å². The fourth-order valence-electron chi connectivity index (χ4n) is 6.07. The number of carbonyl (C=O) groups excluding carboxylic acids is 1. The van der Waals surface area contributed by atoms with Crippen LogP contribution >= 0.6 is 0 Å². The van der Waals surface area contributed by atoms with Gasteiger partial charge in [0.1, 0.15) is 23.0 Å². The molecule has 0 saturated carbocycles. The molecule has 1 aliphatic rings. The van der Waals surface area contributed by atoms with E-state index in [1.54, 1.807) is 92.0 Å².